The lowest BCUT2D eigenvalue weighted by atomic mass is 10.1. The summed E-state index contributed by atoms with van der Waals surface area (Å²) in [6.45, 7) is 0. The number of hydrogen-bond donors (Lipinski definition) is 1. The monoisotopic (exact) mass is 745 g/mol. The Labute approximate surface area is 316 Å². The van der Waals surface area contributed by atoms with E-state index in [4.69, 9.17) is 37.9 Å². The lowest BCUT2D eigenvalue weighted by molar-refractivity contribution is 0.0719. The minimum absolute atomic E-state index is 0.0290. The number of carbonyl (C=O) groups excluding carboxylic acids is 4. The van der Waals surface area contributed by atoms with Crippen molar-refractivity contribution in [2.45, 2.75) is 0 Å². The van der Waals surface area contributed by atoms with Gasteiger partial charge in [0.1, 0.15) is 17.1 Å². The highest BCUT2D eigenvalue weighted by Gasteiger charge is 2.22. The van der Waals surface area contributed by atoms with E-state index in [0.29, 0.717) is 40.3 Å². The molecule has 0 spiro atoms. The largest absolute Gasteiger partial charge is 0.496 e. The van der Waals surface area contributed by atoms with Crippen LogP contribution in [0, 0.1) is 11.8 Å². The van der Waals surface area contributed by atoms with Crippen LogP contribution < -0.4 is 43.2 Å². The molecule has 5 aromatic rings. The smallest absolute Gasteiger partial charge is 0.347 e. The molecule has 1 amide bonds. The van der Waals surface area contributed by atoms with Gasteiger partial charge in [-0.3, -0.25) is 9.59 Å². The van der Waals surface area contributed by atoms with Gasteiger partial charge in [-0.05, 0) is 78.9 Å². The van der Waals surface area contributed by atoms with Crippen LogP contribution in [0.4, 0.5) is 5.69 Å². The van der Waals surface area contributed by atoms with Crippen LogP contribution >= 0.6 is 0 Å². The van der Waals surface area contributed by atoms with E-state index in [-0.39, 0.29) is 51.0 Å². The molecule has 0 radical (unpaired) electrons. The number of aldehydes is 1. The minimum Gasteiger partial charge on any atom is -0.496 e. The van der Waals surface area contributed by atoms with Gasteiger partial charge in [-0.2, -0.15) is 0 Å². The molecule has 0 bridgehead atoms. The Balaban J connectivity index is 1.20. The first-order valence-corrected chi connectivity index (χ1v) is 16.3. The van der Waals surface area contributed by atoms with Gasteiger partial charge in [0.25, 0.3) is 5.91 Å². The zero-order chi connectivity index (χ0) is 39.5. The van der Waals surface area contributed by atoms with Gasteiger partial charge in [-0.1, -0.05) is 11.8 Å². The van der Waals surface area contributed by atoms with E-state index in [1.165, 1.54) is 85.1 Å². The highest BCUT2D eigenvalue weighted by Crippen LogP contribution is 2.36. The Hall–Kier alpha value is -7.46. The summed E-state index contributed by atoms with van der Waals surface area (Å²) < 4.78 is 42.8. The standard InChI is InChI=1S/C42H35NO12/c1-48-34-23-39(53-6)38(52-5)22-32(34)42(47)55-33-18-13-27(19-35(33)49-2)40(45)43-29-14-9-25(10-15-29)7-8-26-11-16-30(17-12-26)54-41(46)31-21-37(51-4)36(50-3)20-28(31)24-44/h9-24H,1-6H3,(H,43,45). The molecule has 0 atom stereocenters. The van der Waals surface area contributed by atoms with E-state index in [1.54, 1.807) is 48.5 Å². The summed E-state index contributed by atoms with van der Waals surface area (Å²) in [6, 6.07) is 23.6. The van der Waals surface area contributed by atoms with Gasteiger partial charge in [0.2, 0.25) is 0 Å². The van der Waals surface area contributed by atoms with Crippen LogP contribution in [0.1, 0.15) is 52.6 Å². The molecule has 280 valence electrons. The number of amides is 1. The normalized spacial score (nSPS) is 10.1. The lowest BCUT2D eigenvalue weighted by Crippen LogP contribution is -2.14. The molecule has 0 saturated carbocycles. The van der Waals surface area contributed by atoms with Gasteiger partial charge < -0.3 is 43.2 Å². The van der Waals surface area contributed by atoms with Crippen molar-refractivity contribution >= 4 is 29.8 Å². The number of carbonyl (C=O) groups is 4. The average molecular weight is 746 g/mol. The van der Waals surface area contributed by atoms with Crippen molar-refractivity contribution in [3.63, 3.8) is 0 Å². The van der Waals surface area contributed by atoms with Crippen LogP contribution in [-0.2, 0) is 0 Å². The van der Waals surface area contributed by atoms with Crippen LogP contribution in [0.5, 0.6) is 46.0 Å². The number of hydrogen-bond acceptors (Lipinski definition) is 12. The van der Waals surface area contributed by atoms with E-state index < -0.39 is 17.8 Å². The predicted octanol–water partition coefficient (Wildman–Crippen LogP) is 6.64. The summed E-state index contributed by atoms with van der Waals surface area (Å²) in [5.41, 5.74) is 2.33. The molecule has 0 saturated heterocycles. The Morgan fingerprint density at radius 1 is 0.509 bits per heavy atom. The zero-order valence-electron chi connectivity index (χ0n) is 30.6. The fraction of sp³-hybridized carbons (Fsp3) is 0.143. The maximum atomic E-state index is 13.1. The highest BCUT2D eigenvalue weighted by atomic mass is 16.6. The Morgan fingerprint density at radius 3 is 1.56 bits per heavy atom. The summed E-state index contributed by atoms with van der Waals surface area (Å²) in [5, 5.41) is 2.82. The van der Waals surface area contributed by atoms with E-state index in [1.807, 2.05) is 0 Å². The van der Waals surface area contributed by atoms with Crippen molar-refractivity contribution in [2.75, 3.05) is 48.0 Å². The summed E-state index contributed by atoms with van der Waals surface area (Å²) >= 11 is 0. The fourth-order valence-corrected chi connectivity index (χ4v) is 5.16. The number of methoxy groups -OCH3 is 6. The van der Waals surface area contributed by atoms with Crippen LogP contribution in [0.25, 0.3) is 0 Å². The Bertz CT molecular complexity index is 2290. The molecular weight excluding hydrogens is 710 g/mol. The molecule has 5 aromatic carbocycles. The number of benzene rings is 5. The van der Waals surface area contributed by atoms with Crippen molar-refractivity contribution in [2.24, 2.45) is 0 Å². The fourth-order valence-electron chi connectivity index (χ4n) is 5.16. The van der Waals surface area contributed by atoms with E-state index in [2.05, 4.69) is 17.2 Å². The van der Waals surface area contributed by atoms with Gasteiger partial charge in [0, 0.05) is 40.1 Å². The van der Waals surface area contributed by atoms with Crippen molar-refractivity contribution < 1.29 is 57.1 Å². The summed E-state index contributed by atoms with van der Waals surface area (Å²) in [7, 11) is 8.56. The molecule has 0 aromatic heterocycles. The van der Waals surface area contributed by atoms with Gasteiger partial charge in [-0.15, -0.1) is 0 Å². The summed E-state index contributed by atoms with van der Waals surface area (Å²) in [5.74, 6) is 6.18. The lowest BCUT2D eigenvalue weighted by Gasteiger charge is -2.15. The maximum Gasteiger partial charge on any atom is 0.347 e. The van der Waals surface area contributed by atoms with Gasteiger partial charge in [0.05, 0.1) is 48.2 Å². The first kappa shape index (κ1) is 38.8. The molecule has 55 heavy (non-hydrogen) atoms. The minimum atomic E-state index is -0.739. The number of nitrogens with one attached hydrogen (secondary N) is 1. The third-order valence-electron chi connectivity index (χ3n) is 8.02. The molecule has 0 aliphatic heterocycles. The maximum absolute atomic E-state index is 13.1. The highest BCUT2D eigenvalue weighted by molar-refractivity contribution is 6.05. The number of esters is 2. The first-order valence-electron chi connectivity index (χ1n) is 16.3. The van der Waals surface area contributed by atoms with Crippen LogP contribution in [0.15, 0.2) is 91.0 Å². The second-order valence-electron chi connectivity index (χ2n) is 11.3. The van der Waals surface area contributed by atoms with E-state index in [0.717, 1.165) is 0 Å². The molecule has 1 N–H and O–H groups in total. The molecule has 0 aliphatic carbocycles. The summed E-state index contributed by atoms with van der Waals surface area (Å²) in [6.07, 6.45) is 0.539. The molecule has 5 rings (SSSR count). The van der Waals surface area contributed by atoms with Crippen LogP contribution in [-0.4, -0.2) is 66.8 Å². The van der Waals surface area contributed by atoms with E-state index in [9.17, 15) is 19.2 Å². The first-order chi connectivity index (χ1) is 26.6. The molecule has 0 unspecified atom stereocenters. The third kappa shape index (κ3) is 9.13. The van der Waals surface area contributed by atoms with Crippen LogP contribution in [0.3, 0.4) is 0 Å². The van der Waals surface area contributed by atoms with Gasteiger partial charge in [0.15, 0.2) is 40.8 Å². The van der Waals surface area contributed by atoms with Crippen LogP contribution in [0.2, 0.25) is 0 Å². The quantitative estimate of drug-likeness (QED) is 0.0595. The molecule has 13 nitrogen and oxygen atoms in total. The number of ether oxygens (including phenoxy) is 8. The summed E-state index contributed by atoms with van der Waals surface area (Å²) in [4.78, 5) is 50.6. The van der Waals surface area contributed by atoms with Gasteiger partial charge in [-0.25, -0.2) is 9.59 Å². The molecule has 13 heteroatoms. The Kier molecular flexibility index (Phi) is 12.6. The third-order valence-corrected chi connectivity index (χ3v) is 8.02. The average Bonchev–Trinajstić information content (AvgIpc) is 3.22. The molecule has 0 heterocycles. The Morgan fingerprint density at radius 2 is 1.00 bits per heavy atom. The molecule has 0 aliphatic rings. The van der Waals surface area contributed by atoms with Crippen molar-refractivity contribution in [3.8, 4) is 57.8 Å². The van der Waals surface area contributed by atoms with Crippen molar-refractivity contribution in [1.82, 2.24) is 0 Å². The zero-order valence-corrected chi connectivity index (χ0v) is 30.6. The van der Waals surface area contributed by atoms with Crippen molar-refractivity contribution in [3.05, 3.63) is 124 Å². The molecule has 0 fully saturated rings. The SMILES string of the molecule is COc1cc(C=O)c(C(=O)Oc2ccc(C#Cc3ccc(NC(=O)c4ccc(OC(=O)c5cc(OC)c(OC)cc5OC)c(OC)c4)cc3)cc2)cc1OC. The number of rotatable bonds is 13. The topological polar surface area (TPSA) is 154 Å². The second-order valence-corrected chi connectivity index (χ2v) is 11.3. The van der Waals surface area contributed by atoms with Crippen molar-refractivity contribution in [1.29, 1.82) is 0 Å². The second kappa shape index (κ2) is 17.8. The van der Waals surface area contributed by atoms with E-state index >= 15 is 0 Å². The number of anilines is 1. The predicted molar refractivity (Wildman–Crippen MR) is 201 cm³/mol. The molecular formula is C42H35NO12. The van der Waals surface area contributed by atoms with Gasteiger partial charge >= 0.3 is 11.9 Å².